The van der Waals surface area contributed by atoms with E-state index in [4.69, 9.17) is 0 Å². The van der Waals surface area contributed by atoms with Gasteiger partial charge in [0, 0.05) is 11.8 Å². The Balaban J connectivity index is 1.70. The second-order valence-corrected chi connectivity index (χ2v) is 7.87. The van der Waals surface area contributed by atoms with Crippen molar-refractivity contribution in [2.24, 2.45) is 0 Å². The minimum absolute atomic E-state index is 0.0141. The molecule has 0 saturated heterocycles. The molecule has 2 N–H and O–H groups in total. The summed E-state index contributed by atoms with van der Waals surface area (Å²) in [6, 6.07) is 10.5. The third-order valence-corrected chi connectivity index (χ3v) is 4.33. The zero-order valence-electron chi connectivity index (χ0n) is 15.5. The molecule has 11 heteroatoms. The Hall–Kier alpha value is -3.60. The average molecular weight is 416 g/mol. The highest BCUT2D eigenvalue weighted by Crippen LogP contribution is 2.19. The summed E-state index contributed by atoms with van der Waals surface area (Å²) in [5.74, 6) is -0.618. The van der Waals surface area contributed by atoms with Crippen LogP contribution in [0.1, 0.15) is 11.4 Å². The normalized spacial score (nSPS) is 11.6. The molecule has 0 bridgehead atoms. The van der Waals surface area contributed by atoms with Crippen molar-refractivity contribution >= 4 is 33.4 Å². The first kappa shape index (κ1) is 20.1. The highest BCUT2D eigenvalue weighted by molar-refractivity contribution is 7.92. The van der Waals surface area contributed by atoms with E-state index in [1.54, 1.807) is 31.2 Å². The van der Waals surface area contributed by atoms with Crippen molar-refractivity contribution in [2.75, 3.05) is 16.3 Å². The second kappa shape index (κ2) is 8.19. The minimum atomic E-state index is -3.36. The molecule has 1 heterocycles. The molecule has 0 saturated carbocycles. The van der Waals surface area contributed by atoms with E-state index < -0.39 is 21.7 Å². The Labute approximate surface area is 166 Å². The summed E-state index contributed by atoms with van der Waals surface area (Å²) in [5, 5.41) is 13.6. The van der Waals surface area contributed by atoms with Gasteiger partial charge in [-0.3, -0.25) is 9.52 Å². The van der Waals surface area contributed by atoms with Crippen molar-refractivity contribution in [3.63, 3.8) is 0 Å². The molecule has 0 aliphatic carbocycles. The van der Waals surface area contributed by atoms with Crippen LogP contribution < -0.4 is 10.0 Å². The first-order chi connectivity index (χ1) is 13.7. The van der Waals surface area contributed by atoms with E-state index in [2.05, 4.69) is 25.6 Å². The van der Waals surface area contributed by atoms with Crippen LogP contribution in [0.5, 0.6) is 0 Å². The molecule has 2 aromatic carbocycles. The standard InChI is InChI=1S/C18H17FN6O3S/c1-12-21-23-24-25(12)15-8-9-16(19)17(11-15)20-18(26)10-5-13-3-6-14(7-4-13)22-29(2,27)28/h3-11,22H,1-2H3,(H,20,26)/b10-5+. The molecule has 3 aromatic rings. The van der Waals surface area contributed by atoms with E-state index in [0.717, 1.165) is 6.26 Å². The first-order valence-corrected chi connectivity index (χ1v) is 10.2. The molecular weight excluding hydrogens is 399 g/mol. The minimum Gasteiger partial charge on any atom is -0.320 e. The number of carbonyl (C=O) groups is 1. The number of amides is 1. The average Bonchev–Trinajstić information content (AvgIpc) is 3.08. The lowest BCUT2D eigenvalue weighted by Gasteiger charge is -2.07. The molecule has 0 radical (unpaired) electrons. The topological polar surface area (TPSA) is 119 Å². The highest BCUT2D eigenvalue weighted by Gasteiger charge is 2.10. The number of benzene rings is 2. The summed E-state index contributed by atoms with van der Waals surface area (Å²) in [7, 11) is -3.36. The summed E-state index contributed by atoms with van der Waals surface area (Å²) in [6.07, 6.45) is 3.82. The third-order valence-electron chi connectivity index (χ3n) is 3.72. The van der Waals surface area contributed by atoms with Gasteiger partial charge in [0.1, 0.15) is 5.82 Å². The zero-order chi connectivity index (χ0) is 21.0. The quantitative estimate of drug-likeness (QED) is 0.594. The Kier molecular flexibility index (Phi) is 5.69. The van der Waals surface area contributed by atoms with Crippen molar-refractivity contribution in [3.8, 4) is 5.69 Å². The molecule has 0 aliphatic rings. The van der Waals surface area contributed by atoms with Gasteiger partial charge in [0.15, 0.2) is 5.82 Å². The largest absolute Gasteiger partial charge is 0.320 e. The van der Waals surface area contributed by atoms with Gasteiger partial charge in [-0.15, -0.1) is 5.10 Å². The highest BCUT2D eigenvalue weighted by atomic mass is 32.2. The molecular formula is C18H17FN6O3S. The smallest absolute Gasteiger partial charge is 0.248 e. The lowest BCUT2D eigenvalue weighted by Crippen LogP contribution is -2.10. The number of nitrogens with one attached hydrogen (secondary N) is 2. The maximum atomic E-state index is 14.1. The Morgan fingerprint density at radius 3 is 2.52 bits per heavy atom. The predicted molar refractivity (Wildman–Crippen MR) is 106 cm³/mol. The van der Waals surface area contributed by atoms with Gasteiger partial charge in [0.25, 0.3) is 0 Å². The number of hydrogen-bond acceptors (Lipinski definition) is 6. The first-order valence-electron chi connectivity index (χ1n) is 8.33. The number of tetrazole rings is 1. The van der Waals surface area contributed by atoms with Gasteiger partial charge in [-0.2, -0.15) is 4.68 Å². The maximum absolute atomic E-state index is 14.1. The summed E-state index contributed by atoms with van der Waals surface area (Å²) in [4.78, 5) is 12.2. The number of sulfonamides is 1. The number of nitrogens with zero attached hydrogens (tertiary/aromatic N) is 4. The summed E-state index contributed by atoms with van der Waals surface area (Å²) < 4.78 is 40.2. The fraction of sp³-hybridized carbons (Fsp3) is 0.111. The van der Waals surface area contributed by atoms with Crippen LogP contribution >= 0.6 is 0 Å². The molecule has 9 nitrogen and oxygen atoms in total. The van der Waals surface area contributed by atoms with Gasteiger partial charge in [-0.05, 0) is 59.3 Å². The van der Waals surface area contributed by atoms with Crippen molar-refractivity contribution in [1.29, 1.82) is 0 Å². The number of carbonyl (C=O) groups excluding carboxylic acids is 1. The molecule has 1 aromatic heterocycles. The number of anilines is 2. The SMILES string of the molecule is Cc1nnnn1-c1ccc(F)c(NC(=O)/C=C/c2ccc(NS(C)(=O)=O)cc2)c1. The molecule has 3 rings (SSSR count). The molecule has 1 amide bonds. The van der Waals surface area contributed by atoms with Crippen LogP contribution in [-0.2, 0) is 14.8 Å². The molecule has 150 valence electrons. The van der Waals surface area contributed by atoms with E-state index in [1.807, 2.05) is 0 Å². The van der Waals surface area contributed by atoms with Crippen molar-refractivity contribution in [1.82, 2.24) is 20.2 Å². The molecule has 0 spiro atoms. The van der Waals surface area contributed by atoms with E-state index in [0.29, 0.717) is 22.8 Å². The van der Waals surface area contributed by atoms with Crippen LogP contribution in [-0.4, -0.2) is 40.8 Å². The summed E-state index contributed by atoms with van der Waals surface area (Å²) in [6.45, 7) is 1.70. The van der Waals surface area contributed by atoms with Crippen molar-refractivity contribution in [3.05, 3.63) is 65.7 Å². The van der Waals surface area contributed by atoms with Gasteiger partial charge in [0.05, 0.1) is 17.6 Å². The van der Waals surface area contributed by atoms with E-state index >= 15 is 0 Å². The fourth-order valence-corrected chi connectivity index (χ4v) is 3.00. The van der Waals surface area contributed by atoms with Crippen molar-refractivity contribution < 1.29 is 17.6 Å². The molecule has 29 heavy (non-hydrogen) atoms. The van der Waals surface area contributed by atoms with Crippen LogP contribution in [0.15, 0.2) is 48.5 Å². The Morgan fingerprint density at radius 1 is 1.17 bits per heavy atom. The lowest BCUT2D eigenvalue weighted by molar-refractivity contribution is -0.111. The fourth-order valence-electron chi connectivity index (χ4n) is 2.43. The van der Waals surface area contributed by atoms with Crippen molar-refractivity contribution in [2.45, 2.75) is 6.92 Å². The summed E-state index contributed by atoms with van der Waals surface area (Å²) in [5.41, 5.74) is 1.56. The van der Waals surface area contributed by atoms with Gasteiger partial charge in [-0.25, -0.2) is 12.8 Å². The van der Waals surface area contributed by atoms with Gasteiger partial charge in [0.2, 0.25) is 15.9 Å². The number of rotatable bonds is 6. The van der Waals surface area contributed by atoms with Gasteiger partial charge < -0.3 is 5.32 Å². The molecule has 0 fully saturated rings. The predicted octanol–water partition coefficient (Wildman–Crippen LogP) is 2.13. The second-order valence-electron chi connectivity index (χ2n) is 6.12. The van der Waals surface area contributed by atoms with Gasteiger partial charge in [-0.1, -0.05) is 12.1 Å². The van der Waals surface area contributed by atoms with Gasteiger partial charge >= 0.3 is 0 Å². The van der Waals surface area contributed by atoms with E-state index in [-0.39, 0.29) is 5.69 Å². The number of halogens is 1. The Bertz CT molecular complexity index is 1170. The van der Waals surface area contributed by atoms with Crippen LogP contribution in [0, 0.1) is 12.7 Å². The zero-order valence-corrected chi connectivity index (χ0v) is 16.3. The monoisotopic (exact) mass is 416 g/mol. The van der Waals surface area contributed by atoms with Crippen LogP contribution in [0.2, 0.25) is 0 Å². The van der Waals surface area contributed by atoms with Crippen LogP contribution in [0.4, 0.5) is 15.8 Å². The maximum Gasteiger partial charge on any atom is 0.248 e. The van der Waals surface area contributed by atoms with E-state index in [1.165, 1.54) is 35.0 Å². The number of aromatic nitrogens is 4. The third kappa shape index (κ3) is 5.45. The molecule has 0 aliphatic heterocycles. The number of hydrogen-bond donors (Lipinski definition) is 2. The summed E-state index contributed by atoms with van der Waals surface area (Å²) >= 11 is 0. The van der Waals surface area contributed by atoms with E-state index in [9.17, 15) is 17.6 Å². The van der Waals surface area contributed by atoms with Crippen LogP contribution in [0.25, 0.3) is 11.8 Å². The molecule has 0 unspecified atom stereocenters. The Morgan fingerprint density at radius 2 is 1.90 bits per heavy atom. The number of aryl methyl sites for hydroxylation is 1. The molecule has 0 atom stereocenters. The lowest BCUT2D eigenvalue weighted by atomic mass is 10.2. The van der Waals surface area contributed by atoms with Crippen LogP contribution in [0.3, 0.4) is 0 Å².